The molecule has 0 fully saturated rings. The second kappa shape index (κ2) is 7.09. The van der Waals surface area contributed by atoms with Crippen LogP contribution in [-0.2, 0) is 11.3 Å². The van der Waals surface area contributed by atoms with Crippen LogP contribution in [0, 0.1) is 0 Å². The minimum Gasteiger partial charge on any atom is -0.449 e. The smallest absolute Gasteiger partial charge is 0.426 e. The summed E-state index contributed by atoms with van der Waals surface area (Å²) in [7, 11) is 0. The van der Waals surface area contributed by atoms with Gasteiger partial charge in [0.15, 0.2) is 0 Å². The predicted molar refractivity (Wildman–Crippen MR) is 75.4 cm³/mol. The molecular formula is C14H16N4O3. The molecule has 1 heterocycles. The molecule has 0 spiro atoms. The van der Waals surface area contributed by atoms with E-state index in [2.05, 4.69) is 20.7 Å². The third-order valence-corrected chi connectivity index (χ3v) is 2.67. The monoisotopic (exact) mass is 288 g/mol. The minimum absolute atomic E-state index is 0.240. The highest BCUT2D eigenvalue weighted by molar-refractivity contribution is 5.94. The molecule has 1 aromatic heterocycles. The largest absolute Gasteiger partial charge is 0.449 e. The lowest BCUT2D eigenvalue weighted by Gasteiger charge is -2.08. The molecule has 0 saturated heterocycles. The lowest BCUT2D eigenvalue weighted by Crippen LogP contribution is -2.41. The van der Waals surface area contributed by atoms with Crippen LogP contribution in [0.2, 0.25) is 0 Å². The van der Waals surface area contributed by atoms with Gasteiger partial charge in [-0.05, 0) is 30.7 Å². The molecule has 0 aliphatic heterocycles. The summed E-state index contributed by atoms with van der Waals surface area (Å²) >= 11 is 0. The van der Waals surface area contributed by atoms with Gasteiger partial charge in [0.05, 0.1) is 13.2 Å². The van der Waals surface area contributed by atoms with Crippen LogP contribution in [-0.4, -0.2) is 28.4 Å². The zero-order chi connectivity index (χ0) is 15.1. The van der Waals surface area contributed by atoms with Gasteiger partial charge in [-0.1, -0.05) is 12.1 Å². The summed E-state index contributed by atoms with van der Waals surface area (Å²) in [5.74, 6) is -0.409. The van der Waals surface area contributed by atoms with Crippen molar-refractivity contribution in [3.63, 3.8) is 0 Å². The molecule has 0 unspecified atom stereocenters. The zero-order valence-electron chi connectivity index (χ0n) is 11.6. The first-order valence-corrected chi connectivity index (χ1v) is 6.48. The van der Waals surface area contributed by atoms with Crippen molar-refractivity contribution in [2.75, 3.05) is 6.61 Å². The van der Waals surface area contributed by atoms with Gasteiger partial charge in [-0.2, -0.15) is 5.10 Å². The van der Waals surface area contributed by atoms with Crippen LogP contribution in [0.25, 0.3) is 0 Å². The first kappa shape index (κ1) is 14.6. The fraction of sp³-hybridized carbons (Fsp3) is 0.214. The minimum atomic E-state index is -0.693. The lowest BCUT2D eigenvalue weighted by atomic mass is 10.1. The highest BCUT2D eigenvalue weighted by atomic mass is 16.5. The number of benzene rings is 1. The van der Waals surface area contributed by atoms with Crippen LogP contribution in [0.1, 0.15) is 22.8 Å². The molecule has 7 heteroatoms. The average Bonchev–Trinajstić information content (AvgIpc) is 2.99. The molecule has 2 aromatic rings. The Balaban J connectivity index is 1.89. The summed E-state index contributed by atoms with van der Waals surface area (Å²) in [6, 6.07) is 8.88. The maximum Gasteiger partial charge on any atom is 0.426 e. The normalized spacial score (nSPS) is 9.95. The standard InChI is InChI=1S/C14H16N4O3/c1-2-21-14(20)17-16-13(19)12-6-4-11(5-7-12)10-18-9-3-8-15-18/h3-9H,2,10H2,1H3,(H,16,19)(H,17,20). The van der Waals surface area contributed by atoms with E-state index >= 15 is 0 Å². The number of nitrogens with one attached hydrogen (secondary N) is 2. The van der Waals surface area contributed by atoms with E-state index in [1.807, 2.05) is 24.4 Å². The number of rotatable bonds is 4. The molecule has 1 aromatic carbocycles. The molecule has 2 rings (SSSR count). The SMILES string of the molecule is CCOC(=O)NNC(=O)c1ccc(Cn2cccn2)cc1. The number of amides is 2. The van der Waals surface area contributed by atoms with Gasteiger partial charge >= 0.3 is 6.09 Å². The van der Waals surface area contributed by atoms with E-state index in [9.17, 15) is 9.59 Å². The van der Waals surface area contributed by atoms with Gasteiger partial charge in [0.1, 0.15) is 0 Å². The number of hydrogen-bond donors (Lipinski definition) is 2. The molecule has 2 N–H and O–H groups in total. The van der Waals surface area contributed by atoms with Crippen molar-refractivity contribution in [2.24, 2.45) is 0 Å². The molecule has 0 radical (unpaired) electrons. The third kappa shape index (κ3) is 4.34. The Hall–Kier alpha value is -2.83. The quantitative estimate of drug-likeness (QED) is 0.831. The van der Waals surface area contributed by atoms with Crippen LogP contribution in [0.3, 0.4) is 0 Å². The van der Waals surface area contributed by atoms with E-state index in [4.69, 9.17) is 0 Å². The Morgan fingerprint density at radius 1 is 1.24 bits per heavy atom. The first-order chi connectivity index (χ1) is 10.2. The second-order valence-corrected chi connectivity index (χ2v) is 4.20. The summed E-state index contributed by atoms with van der Waals surface area (Å²) < 4.78 is 6.42. The predicted octanol–water partition coefficient (Wildman–Crippen LogP) is 1.32. The van der Waals surface area contributed by atoms with Gasteiger partial charge in [0.2, 0.25) is 0 Å². The van der Waals surface area contributed by atoms with E-state index in [0.717, 1.165) is 5.56 Å². The van der Waals surface area contributed by atoms with Gasteiger partial charge in [-0.15, -0.1) is 0 Å². The maximum absolute atomic E-state index is 11.8. The van der Waals surface area contributed by atoms with E-state index < -0.39 is 12.0 Å². The molecule has 0 aliphatic carbocycles. The molecule has 2 amide bonds. The fourth-order valence-electron chi connectivity index (χ4n) is 1.69. The fourth-order valence-corrected chi connectivity index (χ4v) is 1.69. The molecule has 0 aliphatic rings. The molecular weight excluding hydrogens is 272 g/mol. The molecule has 0 atom stereocenters. The van der Waals surface area contributed by atoms with Gasteiger partial charge in [0, 0.05) is 18.0 Å². The Morgan fingerprint density at radius 2 is 2.00 bits per heavy atom. The second-order valence-electron chi connectivity index (χ2n) is 4.20. The van der Waals surface area contributed by atoms with Crippen molar-refractivity contribution < 1.29 is 14.3 Å². The number of nitrogens with zero attached hydrogens (tertiary/aromatic N) is 2. The van der Waals surface area contributed by atoms with Gasteiger partial charge in [-0.25, -0.2) is 10.2 Å². The molecule has 21 heavy (non-hydrogen) atoms. The van der Waals surface area contributed by atoms with Gasteiger partial charge in [0.25, 0.3) is 5.91 Å². The average molecular weight is 288 g/mol. The number of carbonyl (C=O) groups is 2. The van der Waals surface area contributed by atoms with Crippen LogP contribution >= 0.6 is 0 Å². The summed E-state index contributed by atoms with van der Waals surface area (Å²) in [5.41, 5.74) is 5.89. The third-order valence-electron chi connectivity index (χ3n) is 2.67. The van der Waals surface area contributed by atoms with E-state index in [-0.39, 0.29) is 6.61 Å². The van der Waals surface area contributed by atoms with Crippen LogP contribution in [0.4, 0.5) is 4.79 Å². The van der Waals surface area contributed by atoms with Crippen molar-refractivity contribution >= 4 is 12.0 Å². The first-order valence-electron chi connectivity index (χ1n) is 6.48. The molecule has 0 saturated carbocycles. The van der Waals surface area contributed by atoms with Crippen LogP contribution in [0.5, 0.6) is 0 Å². The molecule has 0 bridgehead atoms. The van der Waals surface area contributed by atoms with Crippen molar-refractivity contribution in [1.29, 1.82) is 0 Å². The Kier molecular flexibility index (Phi) is 4.92. The Bertz CT molecular complexity index is 593. The maximum atomic E-state index is 11.8. The summed E-state index contributed by atoms with van der Waals surface area (Å²) in [6.07, 6.45) is 2.88. The summed E-state index contributed by atoms with van der Waals surface area (Å²) in [4.78, 5) is 22.8. The number of ether oxygens (including phenoxy) is 1. The van der Waals surface area contributed by atoms with Crippen LogP contribution < -0.4 is 10.9 Å². The molecule has 7 nitrogen and oxygen atoms in total. The van der Waals surface area contributed by atoms with Crippen molar-refractivity contribution in [3.05, 3.63) is 53.9 Å². The lowest BCUT2D eigenvalue weighted by molar-refractivity contribution is 0.0912. The highest BCUT2D eigenvalue weighted by Crippen LogP contribution is 2.06. The van der Waals surface area contributed by atoms with Crippen LogP contribution in [0.15, 0.2) is 42.7 Å². The summed E-state index contributed by atoms with van der Waals surface area (Å²) in [5, 5.41) is 4.11. The highest BCUT2D eigenvalue weighted by Gasteiger charge is 2.07. The van der Waals surface area contributed by atoms with Gasteiger partial charge < -0.3 is 4.74 Å². The topological polar surface area (TPSA) is 85.3 Å². The summed E-state index contributed by atoms with van der Waals surface area (Å²) in [6.45, 7) is 2.56. The number of hydrogen-bond acceptors (Lipinski definition) is 4. The van der Waals surface area contributed by atoms with E-state index in [1.165, 1.54) is 0 Å². The van der Waals surface area contributed by atoms with E-state index in [0.29, 0.717) is 12.1 Å². The zero-order valence-corrected chi connectivity index (χ0v) is 11.6. The molecule has 110 valence electrons. The number of aromatic nitrogens is 2. The van der Waals surface area contributed by atoms with Crippen molar-refractivity contribution in [1.82, 2.24) is 20.6 Å². The van der Waals surface area contributed by atoms with Gasteiger partial charge in [-0.3, -0.25) is 14.9 Å². The Labute approximate surface area is 121 Å². The van der Waals surface area contributed by atoms with E-state index in [1.54, 1.807) is 29.9 Å². The Morgan fingerprint density at radius 3 is 2.62 bits per heavy atom. The number of hydrazine groups is 1. The van der Waals surface area contributed by atoms with Crippen molar-refractivity contribution in [2.45, 2.75) is 13.5 Å². The number of carbonyl (C=O) groups excluding carboxylic acids is 2. The van der Waals surface area contributed by atoms with Crippen molar-refractivity contribution in [3.8, 4) is 0 Å².